The highest BCUT2D eigenvalue weighted by molar-refractivity contribution is 8.08. The van der Waals surface area contributed by atoms with Crippen molar-refractivity contribution in [3.63, 3.8) is 0 Å². The van der Waals surface area contributed by atoms with Gasteiger partial charge in [-0.1, -0.05) is 63.2 Å². The molecule has 0 radical (unpaired) electrons. The first-order valence-corrected chi connectivity index (χ1v) is 12.2. The van der Waals surface area contributed by atoms with Gasteiger partial charge >= 0.3 is 0 Å². The summed E-state index contributed by atoms with van der Waals surface area (Å²) in [7, 11) is 1.78. The molecule has 3 aromatic carbocycles. The third-order valence-corrected chi connectivity index (χ3v) is 10.0. The zero-order valence-corrected chi connectivity index (χ0v) is 20.1. The average molecular weight is 427 g/mol. The van der Waals surface area contributed by atoms with Crippen LogP contribution < -0.4 is 4.74 Å². The summed E-state index contributed by atoms with van der Waals surface area (Å²) >= 11 is 2.21. The van der Waals surface area contributed by atoms with E-state index in [0.717, 1.165) is 5.75 Å². The third kappa shape index (κ3) is 2.20. The summed E-state index contributed by atoms with van der Waals surface area (Å²) in [6.07, 6.45) is 1.17. The number of aryl methyl sites for hydroxylation is 2. The Labute approximate surface area is 190 Å². The first-order chi connectivity index (χ1) is 14.8. The van der Waals surface area contributed by atoms with Crippen molar-refractivity contribution >= 4 is 11.8 Å². The minimum atomic E-state index is -0.0325. The van der Waals surface area contributed by atoms with Crippen LogP contribution in [-0.2, 0) is 15.9 Å². The van der Waals surface area contributed by atoms with Crippen molar-refractivity contribution in [1.29, 1.82) is 0 Å². The van der Waals surface area contributed by atoms with Crippen LogP contribution in [0, 0.1) is 25.2 Å². The Morgan fingerprint density at radius 3 is 2.35 bits per heavy atom. The summed E-state index contributed by atoms with van der Waals surface area (Å²) in [6.45, 7) is 11.9. The van der Waals surface area contributed by atoms with E-state index in [1.165, 1.54) is 39.8 Å². The van der Waals surface area contributed by atoms with Gasteiger partial charge in [0, 0.05) is 0 Å². The number of hydrogen-bond donors (Lipinski definition) is 0. The molecule has 0 amide bonds. The molecule has 2 heteroatoms. The van der Waals surface area contributed by atoms with Crippen molar-refractivity contribution in [2.45, 2.75) is 50.5 Å². The lowest BCUT2D eigenvalue weighted by atomic mass is 9.66. The predicted molar refractivity (Wildman–Crippen MR) is 131 cm³/mol. The number of rotatable bonds is 1. The summed E-state index contributed by atoms with van der Waals surface area (Å²) in [4.78, 5) is 0. The molecule has 2 spiro atoms. The summed E-state index contributed by atoms with van der Waals surface area (Å²) in [5.41, 5.74) is 12.0. The second-order valence-electron chi connectivity index (χ2n) is 10.7. The average Bonchev–Trinajstić information content (AvgIpc) is 3.15. The lowest BCUT2D eigenvalue weighted by molar-refractivity contribution is 0.201. The number of fused-ring (bicyclic) bond motifs is 8. The van der Waals surface area contributed by atoms with Gasteiger partial charge in [0.1, 0.15) is 5.75 Å². The lowest BCUT2D eigenvalue weighted by Crippen LogP contribution is -2.35. The topological polar surface area (TPSA) is 9.23 Å². The van der Waals surface area contributed by atoms with Crippen LogP contribution in [0.5, 0.6) is 5.75 Å². The summed E-state index contributed by atoms with van der Waals surface area (Å²) in [6, 6.07) is 20.5. The van der Waals surface area contributed by atoms with Crippen LogP contribution >= 0.6 is 11.8 Å². The third-order valence-electron chi connectivity index (χ3n) is 8.07. The molecule has 3 atom stereocenters. The van der Waals surface area contributed by atoms with Crippen molar-refractivity contribution in [1.82, 2.24) is 0 Å². The fraction of sp³-hybridized carbons (Fsp3) is 0.379. The Morgan fingerprint density at radius 1 is 0.903 bits per heavy atom. The van der Waals surface area contributed by atoms with Gasteiger partial charge in [0.2, 0.25) is 0 Å². The zero-order chi connectivity index (χ0) is 21.8. The van der Waals surface area contributed by atoms with Crippen LogP contribution in [-0.4, -0.2) is 7.11 Å². The van der Waals surface area contributed by atoms with Gasteiger partial charge in [-0.25, -0.2) is 0 Å². The van der Waals surface area contributed by atoms with Gasteiger partial charge in [0.25, 0.3) is 0 Å². The molecule has 0 N–H and O–H groups in total. The molecule has 2 aliphatic carbocycles. The van der Waals surface area contributed by atoms with Gasteiger partial charge in [-0.2, -0.15) is 0 Å². The van der Waals surface area contributed by atoms with Crippen LogP contribution in [0.3, 0.4) is 0 Å². The molecule has 158 valence electrons. The largest absolute Gasteiger partial charge is 0.497 e. The number of hydrogen-bond acceptors (Lipinski definition) is 2. The molecule has 1 aliphatic heterocycles. The Hall–Kier alpha value is -2.19. The number of methoxy groups -OCH3 is 1. The van der Waals surface area contributed by atoms with E-state index in [1.807, 2.05) is 0 Å². The van der Waals surface area contributed by atoms with E-state index in [0.29, 0.717) is 5.92 Å². The molecule has 0 saturated carbocycles. The molecule has 0 bridgehead atoms. The van der Waals surface area contributed by atoms with Crippen LogP contribution in [0.1, 0.15) is 54.2 Å². The minimum Gasteiger partial charge on any atom is -0.497 e. The summed E-state index contributed by atoms with van der Waals surface area (Å²) in [5, 5.41) is 0. The Kier molecular flexibility index (Phi) is 3.76. The fourth-order valence-electron chi connectivity index (χ4n) is 6.70. The summed E-state index contributed by atoms with van der Waals surface area (Å²) < 4.78 is 5.75. The fourth-order valence-corrected chi connectivity index (χ4v) is 9.13. The molecule has 3 unspecified atom stereocenters. The molecule has 0 aromatic heterocycles. The van der Waals surface area contributed by atoms with E-state index < -0.39 is 0 Å². The van der Waals surface area contributed by atoms with Crippen molar-refractivity contribution in [3.05, 3.63) is 88.0 Å². The molecule has 31 heavy (non-hydrogen) atoms. The quantitative estimate of drug-likeness (QED) is 0.375. The molecule has 3 aromatic rings. The van der Waals surface area contributed by atoms with E-state index in [1.54, 1.807) is 18.2 Å². The minimum absolute atomic E-state index is 0.0325. The van der Waals surface area contributed by atoms with Gasteiger partial charge in [0.15, 0.2) is 0 Å². The Bertz CT molecular complexity index is 1250. The second kappa shape index (κ2) is 5.98. The second-order valence-corrected chi connectivity index (χ2v) is 12.1. The first kappa shape index (κ1) is 19.5. The molecular formula is C29H30OS. The lowest BCUT2D eigenvalue weighted by Gasteiger charge is -2.35. The maximum atomic E-state index is 5.71. The number of benzene rings is 3. The van der Waals surface area contributed by atoms with Gasteiger partial charge in [0.05, 0.1) is 16.6 Å². The first-order valence-electron chi connectivity index (χ1n) is 11.3. The van der Waals surface area contributed by atoms with Gasteiger partial charge in [-0.05, 0) is 88.2 Å². The van der Waals surface area contributed by atoms with E-state index in [9.17, 15) is 0 Å². The molecule has 1 nitrogen and oxygen atoms in total. The van der Waals surface area contributed by atoms with Gasteiger partial charge < -0.3 is 4.74 Å². The van der Waals surface area contributed by atoms with Crippen LogP contribution in [0.2, 0.25) is 0 Å². The molecule has 1 fully saturated rings. The normalized spacial score (nSPS) is 27.4. The highest BCUT2D eigenvalue weighted by atomic mass is 32.2. The van der Waals surface area contributed by atoms with E-state index in [4.69, 9.17) is 4.74 Å². The van der Waals surface area contributed by atoms with Crippen LogP contribution in [0.25, 0.3) is 11.1 Å². The number of thioether (sulfide) groups is 1. The van der Waals surface area contributed by atoms with Crippen molar-refractivity contribution in [3.8, 4) is 16.9 Å². The van der Waals surface area contributed by atoms with E-state index in [2.05, 4.69) is 101 Å². The maximum Gasteiger partial charge on any atom is 0.119 e. The van der Waals surface area contributed by atoms with E-state index in [-0.39, 0.29) is 14.9 Å². The zero-order valence-electron chi connectivity index (χ0n) is 19.3. The predicted octanol–water partition coefficient (Wildman–Crippen LogP) is 7.40. The molecule has 3 aliphatic rings. The standard InChI is InChI=1S/C29H30OS/c1-17-11-12-18(2)26-22(17)16-25(27(3,4)5)29(26)28(31-29)23-10-8-7-9-20(23)21-14-13-19(30-6)15-24(21)28/h7-15,25H,16H2,1-6H3. The van der Waals surface area contributed by atoms with E-state index >= 15 is 0 Å². The SMILES string of the molecule is COc1ccc2c(c1)C1(SC13c1c(C)ccc(C)c1CC3C(C)(C)C)c1ccccc1-2. The molecule has 1 saturated heterocycles. The van der Waals surface area contributed by atoms with Gasteiger partial charge in [-0.3, -0.25) is 0 Å². The molecule has 1 heterocycles. The number of ether oxygens (including phenoxy) is 1. The molecule has 6 rings (SSSR count). The monoisotopic (exact) mass is 426 g/mol. The highest BCUT2D eigenvalue weighted by Gasteiger charge is 2.80. The Morgan fingerprint density at radius 2 is 1.61 bits per heavy atom. The summed E-state index contributed by atoms with van der Waals surface area (Å²) in [5.74, 6) is 1.53. The van der Waals surface area contributed by atoms with Crippen LogP contribution in [0.15, 0.2) is 54.6 Å². The van der Waals surface area contributed by atoms with Gasteiger partial charge in [-0.15, -0.1) is 11.8 Å². The highest BCUT2D eigenvalue weighted by Crippen LogP contribution is 2.88. The Balaban J connectivity index is 1.71. The van der Waals surface area contributed by atoms with Crippen molar-refractivity contribution < 1.29 is 4.74 Å². The maximum absolute atomic E-state index is 5.71. The van der Waals surface area contributed by atoms with Crippen molar-refractivity contribution in [2.24, 2.45) is 11.3 Å². The molecular weight excluding hydrogens is 396 g/mol. The van der Waals surface area contributed by atoms with Crippen LogP contribution in [0.4, 0.5) is 0 Å². The smallest absolute Gasteiger partial charge is 0.119 e. The van der Waals surface area contributed by atoms with Crippen molar-refractivity contribution in [2.75, 3.05) is 7.11 Å².